The van der Waals surface area contributed by atoms with Gasteiger partial charge in [0.15, 0.2) is 11.5 Å². The summed E-state index contributed by atoms with van der Waals surface area (Å²) in [5, 5.41) is 23.4. The van der Waals surface area contributed by atoms with Crippen molar-refractivity contribution in [3.63, 3.8) is 0 Å². The van der Waals surface area contributed by atoms with Crippen LogP contribution in [0.4, 0.5) is 0 Å². The molecule has 0 fully saturated rings. The lowest BCUT2D eigenvalue weighted by Gasteiger charge is -2.37. The molecule has 5 heteroatoms. The summed E-state index contributed by atoms with van der Waals surface area (Å²) in [6.45, 7) is 0.725. The van der Waals surface area contributed by atoms with Crippen LogP contribution in [0.25, 0.3) is 11.3 Å². The molecule has 0 saturated carbocycles. The molecule has 0 amide bonds. The summed E-state index contributed by atoms with van der Waals surface area (Å²) in [5.41, 5.74) is 4.45. The van der Waals surface area contributed by atoms with Gasteiger partial charge in [0.25, 0.3) is 0 Å². The molecule has 2 atom stereocenters. The topological polar surface area (TPSA) is 65.6 Å². The summed E-state index contributed by atoms with van der Waals surface area (Å²) in [7, 11) is 0. The van der Waals surface area contributed by atoms with Gasteiger partial charge in [-0.1, -0.05) is 30.3 Å². The van der Waals surface area contributed by atoms with Crippen molar-refractivity contribution in [2.45, 2.75) is 31.3 Å². The maximum absolute atomic E-state index is 10.0. The molecular formula is C21H20ClNO3. The lowest BCUT2D eigenvalue weighted by molar-refractivity contribution is 0.354. The molecule has 0 bridgehead atoms. The third-order valence-electron chi connectivity index (χ3n) is 5.46. The van der Waals surface area contributed by atoms with Crippen molar-refractivity contribution in [1.82, 2.24) is 5.32 Å². The van der Waals surface area contributed by atoms with Crippen LogP contribution in [0.1, 0.15) is 34.8 Å². The van der Waals surface area contributed by atoms with Crippen molar-refractivity contribution in [3.05, 3.63) is 71.0 Å². The van der Waals surface area contributed by atoms with Crippen LogP contribution in [0, 0.1) is 0 Å². The van der Waals surface area contributed by atoms with Crippen molar-refractivity contribution >= 4 is 12.4 Å². The Bertz CT molecular complexity index is 951. The monoisotopic (exact) mass is 369 g/mol. The van der Waals surface area contributed by atoms with Gasteiger partial charge in [-0.05, 0) is 42.2 Å². The van der Waals surface area contributed by atoms with E-state index in [9.17, 15) is 10.2 Å². The molecule has 2 aromatic carbocycles. The first-order valence-electron chi connectivity index (χ1n) is 8.67. The summed E-state index contributed by atoms with van der Waals surface area (Å²) < 4.78 is 6.14. The predicted octanol–water partition coefficient (Wildman–Crippen LogP) is 4.33. The van der Waals surface area contributed by atoms with E-state index in [1.165, 1.54) is 5.56 Å². The molecule has 3 N–H and O–H groups in total. The zero-order valence-corrected chi connectivity index (χ0v) is 14.9. The van der Waals surface area contributed by atoms with Crippen LogP contribution in [0.15, 0.2) is 52.9 Å². The van der Waals surface area contributed by atoms with Crippen LogP contribution in [-0.2, 0) is 13.0 Å². The minimum atomic E-state index is -0.0571. The minimum Gasteiger partial charge on any atom is -0.504 e. The van der Waals surface area contributed by atoms with E-state index in [0.29, 0.717) is 6.04 Å². The van der Waals surface area contributed by atoms with E-state index >= 15 is 0 Å². The predicted molar refractivity (Wildman–Crippen MR) is 102 cm³/mol. The molecule has 0 radical (unpaired) electrons. The van der Waals surface area contributed by atoms with Crippen LogP contribution in [0.5, 0.6) is 11.5 Å². The zero-order valence-electron chi connectivity index (χ0n) is 14.1. The average Bonchev–Trinajstić information content (AvgIpc) is 3.07. The third-order valence-corrected chi connectivity index (χ3v) is 5.46. The van der Waals surface area contributed by atoms with Gasteiger partial charge in [0.1, 0.15) is 11.5 Å². The normalized spacial score (nSPS) is 20.5. The Kier molecular flexibility index (Phi) is 4.17. The van der Waals surface area contributed by atoms with Gasteiger partial charge in [0.05, 0.1) is 6.54 Å². The maximum Gasteiger partial charge on any atom is 0.157 e. The number of phenolic OH excluding ortho intramolecular Hbond substituents is 2. The largest absolute Gasteiger partial charge is 0.504 e. The van der Waals surface area contributed by atoms with Crippen molar-refractivity contribution < 1.29 is 14.6 Å². The second-order valence-corrected chi connectivity index (χ2v) is 6.90. The summed E-state index contributed by atoms with van der Waals surface area (Å²) in [6.07, 6.45) is 1.91. The minimum absolute atomic E-state index is 0. The van der Waals surface area contributed by atoms with Gasteiger partial charge in [0.2, 0.25) is 0 Å². The highest BCUT2D eigenvalue weighted by molar-refractivity contribution is 5.85. The van der Waals surface area contributed by atoms with E-state index in [1.807, 2.05) is 30.3 Å². The first kappa shape index (κ1) is 17.0. The van der Waals surface area contributed by atoms with E-state index < -0.39 is 0 Å². The number of rotatable bonds is 1. The highest BCUT2D eigenvalue weighted by atomic mass is 35.5. The summed E-state index contributed by atoms with van der Waals surface area (Å²) in [6, 6.07) is 16.0. The molecule has 0 spiro atoms. The quantitative estimate of drug-likeness (QED) is 0.558. The van der Waals surface area contributed by atoms with Gasteiger partial charge in [-0.3, -0.25) is 0 Å². The standard InChI is InChI=1S/C21H19NO3.ClH/c23-17-8-13-6-7-16-21(14(13)9-18(17)24)15-10-19(25-20(15)11-22-16)12-4-2-1-3-5-12;/h1-5,8-10,16,21-24H,6-7,11H2;1H/t16-,21+;/m1./s1. The fourth-order valence-corrected chi connectivity index (χ4v) is 4.25. The van der Waals surface area contributed by atoms with Crippen LogP contribution in [0.3, 0.4) is 0 Å². The smallest absolute Gasteiger partial charge is 0.157 e. The molecule has 1 aliphatic heterocycles. The summed E-state index contributed by atoms with van der Waals surface area (Å²) >= 11 is 0. The van der Waals surface area contributed by atoms with E-state index in [0.717, 1.165) is 47.6 Å². The Balaban J connectivity index is 0.00000168. The van der Waals surface area contributed by atoms with E-state index in [1.54, 1.807) is 12.1 Å². The number of halogens is 1. The Hall–Kier alpha value is -2.43. The Labute approximate surface area is 157 Å². The fraction of sp³-hybridized carbons (Fsp3) is 0.238. The van der Waals surface area contributed by atoms with Crippen LogP contribution < -0.4 is 5.32 Å². The fourth-order valence-electron chi connectivity index (χ4n) is 4.25. The number of aryl methyl sites for hydroxylation is 1. The van der Waals surface area contributed by atoms with Crippen molar-refractivity contribution in [2.24, 2.45) is 0 Å². The second-order valence-electron chi connectivity index (χ2n) is 6.90. The van der Waals surface area contributed by atoms with Gasteiger partial charge < -0.3 is 19.9 Å². The van der Waals surface area contributed by atoms with Crippen LogP contribution in [0.2, 0.25) is 0 Å². The summed E-state index contributed by atoms with van der Waals surface area (Å²) in [5.74, 6) is 1.88. The molecular weight excluding hydrogens is 350 g/mol. The second kappa shape index (κ2) is 6.38. The Morgan fingerprint density at radius 1 is 0.962 bits per heavy atom. The van der Waals surface area contributed by atoms with Crippen molar-refractivity contribution in [3.8, 4) is 22.8 Å². The molecule has 134 valence electrons. The zero-order chi connectivity index (χ0) is 17.0. The maximum atomic E-state index is 10.0. The average molecular weight is 370 g/mol. The highest BCUT2D eigenvalue weighted by Crippen LogP contribution is 2.45. The van der Waals surface area contributed by atoms with E-state index in [2.05, 4.69) is 11.4 Å². The molecule has 4 nitrogen and oxygen atoms in total. The van der Waals surface area contributed by atoms with E-state index in [-0.39, 0.29) is 29.8 Å². The molecule has 2 aliphatic rings. The van der Waals surface area contributed by atoms with Crippen molar-refractivity contribution in [1.29, 1.82) is 0 Å². The SMILES string of the molecule is Cl.Oc1cc2c(cc1O)[C@H]1c3cc(-c4ccccc4)oc3CN[C@@H]1CC2. The molecule has 1 aliphatic carbocycles. The van der Waals surface area contributed by atoms with E-state index in [4.69, 9.17) is 4.42 Å². The van der Waals surface area contributed by atoms with Crippen molar-refractivity contribution in [2.75, 3.05) is 0 Å². The summed E-state index contributed by atoms with van der Waals surface area (Å²) in [4.78, 5) is 0. The van der Waals surface area contributed by atoms with Gasteiger partial charge in [-0.25, -0.2) is 0 Å². The molecule has 3 aromatic rings. The van der Waals surface area contributed by atoms with Gasteiger partial charge in [-0.2, -0.15) is 0 Å². The molecule has 1 aromatic heterocycles. The molecule has 0 unspecified atom stereocenters. The molecule has 2 heterocycles. The third kappa shape index (κ3) is 2.57. The molecule has 26 heavy (non-hydrogen) atoms. The number of phenols is 2. The number of aromatic hydroxyl groups is 2. The molecule has 5 rings (SSSR count). The van der Waals surface area contributed by atoms with Gasteiger partial charge >= 0.3 is 0 Å². The number of hydrogen-bond donors (Lipinski definition) is 3. The number of benzene rings is 2. The van der Waals surface area contributed by atoms with Gasteiger partial charge in [0, 0.05) is 23.1 Å². The first-order valence-corrected chi connectivity index (χ1v) is 8.67. The number of furan rings is 1. The number of hydrogen-bond acceptors (Lipinski definition) is 4. The van der Waals surface area contributed by atoms with Crippen LogP contribution in [-0.4, -0.2) is 16.3 Å². The number of fused-ring (bicyclic) bond motifs is 5. The number of nitrogens with one attached hydrogen (secondary N) is 1. The Morgan fingerprint density at radius 2 is 1.73 bits per heavy atom. The Morgan fingerprint density at radius 3 is 2.54 bits per heavy atom. The van der Waals surface area contributed by atoms with Crippen LogP contribution >= 0.6 is 12.4 Å². The lowest BCUT2D eigenvalue weighted by Crippen LogP contribution is -2.42. The van der Waals surface area contributed by atoms with Gasteiger partial charge in [-0.15, -0.1) is 12.4 Å². The first-order chi connectivity index (χ1) is 12.2. The lowest BCUT2D eigenvalue weighted by atomic mass is 9.73. The molecule has 0 saturated heterocycles. The highest BCUT2D eigenvalue weighted by Gasteiger charge is 2.37.